The van der Waals surface area contributed by atoms with Gasteiger partial charge in [-0.3, -0.25) is 4.57 Å². The van der Waals surface area contributed by atoms with Crippen LogP contribution in [0.15, 0.2) is 30.3 Å². The third-order valence-corrected chi connectivity index (χ3v) is 10.1. The summed E-state index contributed by atoms with van der Waals surface area (Å²) in [5, 5.41) is 0.399. The minimum absolute atomic E-state index is 0.131. The Balaban J connectivity index is 2.34. The van der Waals surface area contributed by atoms with Crippen molar-refractivity contribution in [2.75, 3.05) is 7.05 Å². The molecule has 1 heterocycles. The average Bonchev–Trinajstić information content (AvgIpc) is 2.25. The SMILES string of the molecule is CN1C(c2ccccc2)O[Si]1(C(C)(C)C)C(C)(C)C. The van der Waals surface area contributed by atoms with Crippen LogP contribution in [0.2, 0.25) is 10.1 Å². The third-order valence-electron chi connectivity index (χ3n) is 4.25. The Bertz CT molecular complexity index is 430. The standard InChI is InChI=1S/C16H27NOSi/c1-15(2,3)19(16(4,5)6)17(7)14(18-19)13-11-9-8-10-12-13/h8-12,14H,1-7H3. The Kier molecular flexibility index (Phi) is 3.45. The maximum Gasteiger partial charge on any atom is 0.286 e. The molecule has 0 spiro atoms. The fourth-order valence-electron chi connectivity index (χ4n) is 3.89. The highest BCUT2D eigenvalue weighted by atomic mass is 28.4. The van der Waals surface area contributed by atoms with Crippen molar-refractivity contribution in [2.24, 2.45) is 0 Å². The summed E-state index contributed by atoms with van der Waals surface area (Å²) in [6.45, 7) is 13.9. The first-order valence-electron chi connectivity index (χ1n) is 7.07. The summed E-state index contributed by atoms with van der Waals surface area (Å²) in [5.74, 6) is 0. The molecule has 1 aliphatic rings. The van der Waals surface area contributed by atoms with Crippen molar-refractivity contribution < 1.29 is 4.43 Å². The quantitative estimate of drug-likeness (QED) is 0.691. The fourth-order valence-corrected chi connectivity index (χ4v) is 10.1. The van der Waals surface area contributed by atoms with E-state index >= 15 is 0 Å². The molecule has 1 aliphatic heterocycles. The molecule has 1 aromatic carbocycles. The first kappa shape index (κ1) is 14.8. The number of hydrogen-bond acceptors (Lipinski definition) is 2. The minimum Gasteiger partial charge on any atom is -0.382 e. The molecule has 2 rings (SSSR count). The third kappa shape index (κ3) is 2.08. The van der Waals surface area contributed by atoms with E-state index in [1.54, 1.807) is 0 Å². The highest BCUT2D eigenvalue weighted by Gasteiger charge is 2.67. The van der Waals surface area contributed by atoms with E-state index in [4.69, 9.17) is 4.43 Å². The molecule has 0 radical (unpaired) electrons. The zero-order valence-corrected chi connectivity index (χ0v) is 14.3. The highest BCUT2D eigenvalue weighted by molar-refractivity contribution is 6.78. The molecule has 0 N–H and O–H groups in total. The van der Waals surface area contributed by atoms with Crippen LogP contribution >= 0.6 is 0 Å². The highest BCUT2D eigenvalue weighted by Crippen LogP contribution is 2.61. The zero-order chi connectivity index (χ0) is 14.5. The molecule has 1 aromatic rings. The van der Waals surface area contributed by atoms with Crippen LogP contribution in [-0.2, 0) is 4.43 Å². The van der Waals surface area contributed by atoms with E-state index in [0.717, 1.165) is 0 Å². The Hall–Kier alpha value is -0.643. The van der Waals surface area contributed by atoms with Crippen molar-refractivity contribution in [1.29, 1.82) is 0 Å². The number of benzene rings is 1. The summed E-state index contributed by atoms with van der Waals surface area (Å²) in [6, 6.07) is 10.5. The molecule has 0 saturated carbocycles. The van der Waals surface area contributed by atoms with Gasteiger partial charge in [-0.15, -0.1) is 0 Å². The van der Waals surface area contributed by atoms with Gasteiger partial charge in [-0.25, -0.2) is 0 Å². The normalized spacial score (nSPS) is 24.1. The van der Waals surface area contributed by atoms with Crippen LogP contribution in [0.25, 0.3) is 0 Å². The number of hydrogen-bond donors (Lipinski definition) is 0. The van der Waals surface area contributed by atoms with Crippen LogP contribution < -0.4 is 0 Å². The summed E-state index contributed by atoms with van der Waals surface area (Å²) < 4.78 is 9.15. The number of rotatable bonds is 1. The maximum atomic E-state index is 6.62. The monoisotopic (exact) mass is 277 g/mol. The lowest BCUT2D eigenvalue weighted by molar-refractivity contribution is -0.0501. The molecule has 0 aromatic heterocycles. The predicted molar refractivity (Wildman–Crippen MR) is 83.2 cm³/mol. The molecule has 0 aliphatic carbocycles. The molecular formula is C16H27NOSi. The molecule has 0 amide bonds. The van der Waals surface area contributed by atoms with Crippen LogP contribution in [0.4, 0.5) is 0 Å². The average molecular weight is 277 g/mol. The van der Waals surface area contributed by atoms with Gasteiger partial charge in [0.05, 0.1) is 0 Å². The smallest absolute Gasteiger partial charge is 0.286 e. The number of nitrogens with zero attached hydrogens (tertiary/aromatic N) is 1. The molecule has 1 fully saturated rings. The Morgan fingerprint density at radius 1 is 0.947 bits per heavy atom. The molecule has 2 nitrogen and oxygen atoms in total. The van der Waals surface area contributed by atoms with E-state index in [0.29, 0.717) is 0 Å². The molecule has 1 saturated heterocycles. The van der Waals surface area contributed by atoms with Crippen molar-refractivity contribution in [3.63, 3.8) is 0 Å². The van der Waals surface area contributed by atoms with Crippen LogP contribution in [0, 0.1) is 0 Å². The summed E-state index contributed by atoms with van der Waals surface area (Å²) in [6.07, 6.45) is 0.131. The van der Waals surface area contributed by atoms with Crippen molar-refractivity contribution in [3.8, 4) is 0 Å². The van der Waals surface area contributed by atoms with Gasteiger partial charge in [0.1, 0.15) is 6.23 Å². The van der Waals surface area contributed by atoms with E-state index < -0.39 is 8.48 Å². The van der Waals surface area contributed by atoms with Gasteiger partial charge in [0.25, 0.3) is 8.48 Å². The van der Waals surface area contributed by atoms with E-state index in [1.807, 2.05) is 0 Å². The van der Waals surface area contributed by atoms with Crippen molar-refractivity contribution >= 4 is 8.48 Å². The van der Waals surface area contributed by atoms with Crippen LogP contribution in [0.1, 0.15) is 53.3 Å². The van der Waals surface area contributed by atoms with E-state index in [1.165, 1.54) is 5.56 Å². The van der Waals surface area contributed by atoms with Gasteiger partial charge in [-0.2, -0.15) is 0 Å². The molecule has 1 atom stereocenters. The molecular weight excluding hydrogens is 250 g/mol. The topological polar surface area (TPSA) is 12.5 Å². The van der Waals surface area contributed by atoms with Gasteiger partial charge < -0.3 is 4.43 Å². The van der Waals surface area contributed by atoms with Gasteiger partial charge in [0.15, 0.2) is 0 Å². The lowest BCUT2D eigenvalue weighted by Crippen LogP contribution is -2.75. The maximum absolute atomic E-state index is 6.62. The summed E-state index contributed by atoms with van der Waals surface area (Å²) in [5.41, 5.74) is 1.27. The van der Waals surface area contributed by atoms with Gasteiger partial charge in [0.2, 0.25) is 0 Å². The van der Waals surface area contributed by atoms with Gasteiger partial charge in [-0.05, 0) is 22.7 Å². The fraction of sp³-hybridized carbons (Fsp3) is 0.625. The summed E-state index contributed by atoms with van der Waals surface area (Å²) >= 11 is 0. The second-order valence-corrected chi connectivity index (χ2v) is 12.9. The molecule has 3 heteroatoms. The van der Waals surface area contributed by atoms with Crippen molar-refractivity contribution in [2.45, 2.75) is 57.8 Å². The van der Waals surface area contributed by atoms with Crippen molar-refractivity contribution in [3.05, 3.63) is 35.9 Å². The van der Waals surface area contributed by atoms with Crippen LogP contribution in [0.5, 0.6) is 0 Å². The van der Waals surface area contributed by atoms with E-state index in [2.05, 4.69) is 83.5 Å². The molecule has 1 unspecified atom stereocenters. The lowest BCUT2D eigenvalue weighted by atomic mass is 10.2. The predicted octanol–water partition coefficient (Wildman–Crippen LogP) is 4.69. The minimum atomic E-state index is -1.96. The molecule has 106 valence electrons. The molecule has 0 bridgehead atoms. The largest absolute Gasteiger partial charge is 0.382 e. The first-order chi connectivity index (χ1) is 8.61. The summed E-state index contributed by atoms with van der Waals surface area (Å²) in [4.78, 5) is 0. The van der Waals surface area contributed by atoms with Crippen molar-refractivity contribution in [1.82, 2.24) is 4.57 Å². The Morgan fingerprint density at radius 2 is 1.42 bits per heavy atom. The zero-order valence-electron chi connectivity index (χ0n) is 13.3. The van der Waals surface area contributed by atoms with E-state index in [9.17, 15) is 0 Å². The lowest BCUT2D eigenvalue weighted by Gasteiger charge is -2.65. The van der Waals surface area contributed by atoms with Gasteiger partial charge in [0, 0.05) is 0 Å². The second-order valence-electron chi connectivity index (χ2n) is 7.64. The van der Waals surface area contributed by atoms with E-state index in [-0.39, 0.29) is 16.3 Å². The summed E-state index contributed by atoms with van der Waals surface area (Å²) in [7, 11) is 0.278. The van der Waals surface area contributed by atoms with Gasteiger partial charge >= 0.3 is 0 Å². The first-order valence-corrected chi connectivity index (χ1v) is 8.92. The van der Waals surface area contributed by atoms with Gasteiger partial charge in [-0.1, -0.05) is 71.9 Å². The molecule has 19 heavy (non-hydrogen) atoms. The Morgan fingerprint density at radius 3 is 1.79 bits per heavy atom. The Labute approximate surface area is 119 Å². The second kappa shape index (κ2) is 4.44. The van der Waals surface area contributed by atoms with Crippen LogP contribution in [0.3, 0.4) is 0 Å². The van der Waals surface area contributed by atoms with Crippen LogP contribution in [-0.4, -0.2) is 20.1 Å².